The largest absolute Gasteiger partial charge is 0.373 e. The molecule has 0 radical (unpaired) electrons. The number of nitrogens with zero attached hydrogens (tertiary/aromatic N) is 1. The molecule has 0 aliphatic carbocycles. The summed E-state index contributed by atoms with van der Waals surface area (Å²) in [5.74, 6) is 0. The minimum absolute atomic E-state index is 0.0883. The highest BCUT2D eigenvalue weighted by Gasteiger charge is 2.14. The molecular weight excluding hydrogens is 332 g/mol. The van der Waals surface area contributed by atoms with Crippen molar-refractivity contribution in [2.45, 2.75) is 18.9 Å². The van der Waals surface area contributed by atoms with Crippen LogP contribution in [0.2, 0.25) is 5.02 Å². The maximum absolute atomic E-state index is 6.28. The van der Waals surface area contributed by atoms with Crippen molar-refractivity contribution in [2.24, 2.45) is 0 Å². The van der Waals surface area contributed by atoms with Gasteiger partial charge in [-0.2, -0.15) is 0 Å². The van der Waals surface area contributed by atoms with Crippen molar-refractivity contribution < 1.29 is 4.74 Å². The van der Waals surface area contributed by atoms with Crippen molar-refractivity contribution in [2.75, 3.05) is 39.3 Å². The molecular formula is C21H27ClN2O. The van der Waals surface area contributed by atoms with Crippen LogP contribution in [0.5, 0.6) is 0 Å². The van der Waals surface area contributed by atoms with Crippen LogP contribution in [0.15, 0.2) is 54.6 Å². The van der Waals surface area contributed by atoms with Crippen molar-refractivity contribution >= 4 is 11.6 Å². The Hall–Kier alpha value is -1.39. The van der Waals surface area contributed by atoms with E-state index in [0.29, 0.717) is 0 Å². The van der Waals surface area contributed by atoms with Crippen LogP contribution in [0, 0.1) is 0 Å². The number of rotatable bonds is 8. The van der Waals surface area contributed by atoms with Gasteiger partial charge in [-0.25, -0.2) is 0 Å². The molecule has 0 saturated carbocycles. The van der Waals surface area contributed by atoms with Crippen molar-refractivity contribution in [3.63, 3.8) is 0 Å². The Morgan fingerprint density at radius 2 is 1.72 bits per heavy atom. The summed E-state index contributed by atoms with van der Waals surface area (Å²) in [4.78, 5) is 2.51. The Morgan fingerprint density at radius 3 is 2.44 bits per heavy atom. The summed E-state index contributed by atoms with van der Waals surface area (Å²) >= 11 is 6.00. The normalized spacial score (nSPS) is 16.7. The van der Waals surface area contributed by atoms with Gasteiger partial charge in [0, 0.05) is 50.8 Å². The molecule has 1 saturated heterocycles. The third-order valence-corrected chi connectivity index (χ3v) is 4.91. The van der Waals surface area contributed by atoms with Gasteiger partial charge in [0.2, 0.25) is 0 Å². The predicted octanol–water partition coefficient (Wildman–Crippen LogP) is 3.94. The molecule has 1 aliphatic heterocycles. The first-order valence-electron chi connectivity index (χ1n) is 9.15. The predicted molar refractivity (Wildman–Crippen MR) is 104 cm³/mol. The van der Waals surface area contributed by atoms with Crippen LogP contribution in [0.25, 0.3) is 0 Å². The summed E-state index contributed by atoms with van der Waals surface area (Å²) in [6, 6.07) is 18.6. The Balaban J connectivity index is 1.54. The number of hydrogen-bond donors (Lipinski definition) is 1. The van der Waals surface area contributed by atoms with Crippen LogP contribution in [0.3, 0.4) is 0 Å². The van der Waals surface area contributed by atoms with Gasteiger partial charge in [-0.1, -0.05) is 54.1 Å². The number of benzene rings is 2. The second-order valence-corrected chi connectivity index (χ2v) is 6.98. The van der Waals surface area contributed by atoms with E-state index in [0.717, 1.165) is 57.2 Å². The maximum Gasteiger partial charge on any atom is 0.0865 e. The Kier molecular flexibility index (Phi) is 7.31. The van der Waals surface area contributed by atoms with Crippen molar-refractivity contribution in [1.82, 2.24) is 10.2 Å². The molecule has 0 spiro atoms. The second kappa shape index (κ2) is 9.93. The summed E-state index contributed by atoms with van der Waals surface area (Å²) in [6.45, 7) is 6.40. The maximum atomic E-state index is 6.28. The topological polar surface area (TPSA) is 24.5 Å². The van der Waals surface area contributed by atoms with Crippen LogP contribution in [0.4, 0.5) is 0 Å². The number of hydrogen-bond acceptors (Lipinski definition) is 3. The number of ether oxygens (including phenoxy) is 1. The molecule has 2 aromatic carbocycles. The molecule has 0 amide bonds. The van der Waals surface area contributed by atoms with Gasteiger partial charge in [0.25, 0.3) is 0 Å². The van der Waals surface area contributed by atoms with Crippen molar-refractivity contribution in [3.8, 4) is 0 Å². The molecule has 25 heavy (non-hydrogen) atoms. The van der Waals surface area contributed by atoms with E-state index < -0.39 is 0 Å². The average molecular weight is 359 g/mol. The van der Waals surface area contributed by atoms with E-state index in [9.17, 15) is 0 Å². The standard InChI is InChI=1S/C21H27ClN2O/c22-20-9-7-18(8-10-20)17-21(19-5-2-1-3-6-19)25-16-4-13-24-14-11-23-12-15-24/h1-3,5-10,21,23H,4,11-17H2. The number of halogens is 1. The van der Waals surface area contributed by atoms with Gasteiger partial charge in [0.1, 0.15) is 0 Å². The summed E-state index contributed by atoms with van der Waals surface area (Å²) in [5.41, 5.74) is 2.49. The zero-order chi connectivity index (χ0) is 17.3. The lowest BCUT2D eigenvalue weighted by Gasteiger charge is -2.27. The molecule has 3 rings (SSSR count). The highest BCUT2D eigenvalue weighted by Crippen LogP contribution is 2.23. The van der Waals surface area contributed by atoms with Gasteiger partial charge < -0.3 is 15.0 Å². The molecule has 0 bridgehead atoms. The molecule has 2 aromatic rings. The van der Waals surface area contributed by atoms with E-state index in [-0.39, 0.29) is 6.10 Å². The third-order valence-electron chi connectivity index (χ3n) is 4.65. The van der Waals surface area contributed by atoms with Gasteiger partial charge >= 0.3 is 0 Å². The van der Waals surface area contributed by atoms with Crippen LogP contribution in [-0.4, -0.2) is 44.2 Å². The lowest BCUT2D eigenvalue weighted by Crippen LogP contribution is -2.43. The monoisotopic (exact) mass is 358 g/mol. The summed E-state index contributed by atoms with van der Waals surface area (Å²) in [6.07, 6.45) is 2.03. The second-order valence-electron chi connectivity index (χ2n) is 6.55. The van der Waals surface area contributed by atoms with Crippen LogP contribution in [0.1, 0.15) is 23.7 Å². The van der Waals surface area contributed by atoms with Gasteiger partial charge in [-0.05, 0) is 29.7 Å². The quantitative estimate of drug-likeness (QED) is 0.723. The third kappa shape index (κ3) is 6.12. The SMILES string of the molecule is Clc1ccc(CC(OCCCN2CCNCC2)c2ccccc2)cc1. The van der Waals surface area contributed by atoms with E-state index in [1.54, 1.807) is 0 Å². The Morgan fingerprint density at radius 1 is 1.00 bits per heavy atom. The molecule has 1 heterocycles. The highest BCUT2D eigenvalue weighted by molar-refractivity contribution is 6.30. The molecule has 134 valence electrons. The summed E-state index contributed by atoms with van der Waals surface area (Å²) < 4.78 is 6.28. The first kappa shape index (κ1) is 18.4. The van der Waals surface area contributed by atoms with Gasteiger partial charge in [-0.15, -0.1) is 0 Å². The molecule has 1 atom stereocenters. The first-order chi connectivity index (χ1) is 12.3. The Bertz CT molecular complexity index is 612. The smallest absolute Gasteiger partial charge is 0.0865 e. The van der Waals surface area contributed by atoms with Crippen molar-refractivity contribution in [3.05, 3.63) is 70.7 Å². The molecule has 1 N–H and O–H groups in total. The van der Waals surface area contributed by atoms with Crippen molar-refractivity contribution in [1.29, 1.82) is 0 Å². The lowest BCUT2D eigenvalue weighted by atomic mass is 10.0. The molecule has 0 aromatic heterocycles. The summed E-state index contributed by atoms with van der Waals surface area (Å²) in [7, 11) is 0. The highest BCUT2D eigenvalue weighted by atomic mass is 35.5. The number of piperazine rings is 1. The van der Waals surface area contributed by atoms with E-state index >= 15 is 0 Å². The van der Waals surface area contributed by atoms with E-state index in [1.807, 2.05) is 18.2 Å². The molecule has 1 aliphatic rings. The summed E-state index contributed by atoms with van der Waals surface area (Å²) in [5, 5.41) is 4.17. The van der Waals surface area contributed by atoms with Gasteiger partial charge in [-0.3, -0.25) is 0 Å². The minimum atomic E-state index is 0.0883. The zero-order valence-corrected chi connectivity index (χ0v) is 15.4. The van der Waals surface area contributed by atoms with E-state index in [2.05, 4.69) is 46.6 Å². The van der Waals surface area contributed by atoms with E-state index in [4.69, 9.17) is 16.3 Å². The van der Waals surface area contributed by atoms with Crippen LogP contribution < -0.4 is 5.32 Å². The average Bonchev–Trinajstić information content (AvgIpc) is 2.67. The van der Waals surface area contributed by atoms with Crippen LogP contribution in [-0.2, 0) is 11.2 Å². The Labute approximate surface area is 155 Å². The molecule has 3 nitrogen and oxygen atoms in total. The van der Waals surface area contributed by atoms with Gasteiger partial charge in [0.15, 0.2) is 0 Å². The van der Waals surface area contributed by atoms with E-state index in [1.165, 1.54) is 11.1 Å². The first-order valence-corrected chi connectivity index (χ1v) is 9.53. The van der Waals surface area contributed by atoms with Crippen LogP contribution >= 0.6 is 11.6 Å². The van der Waals surface area contributed by atoms with Gasteiger partial charge in [0.05, 0.1) is 6.10 Å². The fraction of sp³-hybridized carbons (Fsp3) is 0.429. The number of nitrogens with one attached hydrogen (secondary N) is 1. The molecule has 1 fully saturated rings. The fourth-order valence-corrected chi connectivity index (χ4v) is 3.35. The zero-order valence-electron chi connectivity index (χ0n) is 14.7. The molecule has 1 unspecified atom stereocenters. The minimum Gasteiger partial charge on any atom is -0.373 e. The lowest BCUT2D eigenvalue weighted by molar-refractivity contribution is 0.0455. The molecule has 4 heteroatoms. The fourth-order valence-electron chi connectivity index (χ4n) is 3.22.